The highest BCUT2D eigenvalue weighted by atomic mass is 19.1. The van der Waals surface area contributed by atoms with Crippen molar-refractivity contribution in [1.82, 2.24) is 0 Å². The van der Waals surface area contributed by atoms with Gasteiger partial charge in [-0.25, -0.2) is 4.39 Å². The van der Waals surface area contributed by atoms with Gasteiger partial charge in [0.25, 0.3) is 5.69 Å². The minimum absolute atomic E-state index is 0.162. The average molecular weight is 227 g/mol. The smallest absolute Gasteiger partial charge is 0.274 e. The van der Waals surface area contributed by atoms with E-state index >= 15 is 0 Å². The summed E-state index contributed by atoms with van der Waals surface area (Å²) < 4.78 is 18.5. The lowest BCUT2D eigenvalue weighted by molar-refractivity contribution is -0.385. The minimum Gasteiger partial charge on any atom is -0.491 e. The second kappa shape index (κ2) is 4.69. The van der Waals surface area contributed by atoms with Gasteiger partial charge in [-0.1, -0.05) is 0 Å². The van der Waals surface area contributed by atoms with E-state index in [1.807, 2.05) is 0 Å². The molecule has 1 aromatic carbocycles. The highest BCUT2D eigenvalue weighted by Crippen LogP contribution is 2.27. The van der Waals surface area contributed by atoms with Crippen molar-refractivity contribution >= 4 is 11.5 Å². The van der Waals surface area contributed by atoms with Crippen LogP contribution in [0, 0.1) is 15.9 Å². The van der Waals surface area contributed by atoms with Crippen LogP contribution < -0.4 is 4.74 Å². The van der Waals surface area contributed by atoms with Gasteiger partial charge in [-0.2, -0.15) is 0 Å². The van der Waals surface area contributed by atoms with Gasteiger partial charge in [0.05, 0.1) is 23.2 Å². The van der Waals surface area contributed by atoms with E-state index < -0.39 is 16.5 Å². The molecule has 5 nitrogen and oxygen atoms in total. The second-order valence-electron chi connectivity index (χ2n) is 3.05. The zero-order valence-electron chi connectivity index (χ0n) is 8.82. The Hall–Kier alpha value is -1.98. The van der Waals surface area contributed by atoms with Crippen LogP contribution in [-0.2, 0) is 0 Å². The first kappa shape index (κ1) is 12.1. The molecule has 0 radical (unpaired) electrons. The van der Waals surface area contributed by atoms with Crippen LogP contribution in [-0.4, -0.2) is 17.3 Å². The third-order valence-electron chi connectivity index (χ3n) is 1.91. The molecule has 16 heavy (non-hydrogen) atoms. The number of Topliss-reactive ketones (excluding diaryl/α,β-unsaturated/α-hetero) is 1. The molecule has 0 saturated carbocycles. The van der Waals surface area contributed by atoms with Crippen LogP contribution in [0.2, 0.25) is 0 Å². The molecule has 86 valence electrons. The normalized spacial score (nSPS) is 9.94. The van der Waals surface area contributed by atoms with Gasteiger partial charge in [-0.15, -0.1) is 0 Å². The van der Waals surface area contributed by atoms with E-state index in [1.165, 1.54) is 0 Å². The Morgan fingerprint density at radius 2 is 2.19 bits per heavy atom. The van der Waals surface area contributed by atoms with Crippen LogP contribution in [0.1, 0.15) is 24.2 Å². The number of carbonyl (C=O) groups excluding carboxylic acids is 1. The predicted molar refractivity (Wildman–Crippen MR) is 54.2 cm³/mol. The van der Waals surface area contributed by atoms with Crippen molar-refractivity contribution in [3.63, 3.8) is 0 Å². The van der Waals surface area contributed by atoms with Crippen molar-refractivity contribution in [3.8, 4) is 5.75 Å². The van der Waals surface area contributed by atoms with Gasteiger partial charge in [-0.05, 0) is 13.8 Å². The summed E-state index contributed by atoms with van der Waals surface area (Å²) in [4.78, 5) is 20.9. The van der Waals surface area contributed by atoms with Crippen molar-refractivity contribution in [1.29, 1.82) is 0 Å². The van der Waals surface area contributed by atoms with Crippen molar-refractivity contribution < 1.29 is 18.8 Å². The fraction of sp³-hybridized carbons (Fsp3) is 0.300. The van der Waals surface area contributed by atoms with Crippen molar-refractivity contribution in [2.45, 2.75) is 13.8 Å². The number of halogens is 1. The summed E-state index contributed by atoms with van der Waals surface area (Å²) in [6, 6.07) is 1.87. The largest absolute Gasteiger partial charge is 0.491 e. The molecule has 0 N–H and O–H groups in total. The lowest BCUT2D eigenvalue weighted by Gasteiger charge is -2.07. The number of ketones is 1. The van der Waals surface area contributed by atoms with Gasteiger partial charge in [0, 0.05) is 6.07 Å². The van der Waals surface area contributed by atoms with Crippen LogP contribution >= 0.6 is 0 Å². The van der Waals surface area contributed by atoms with Gasteiger partial charge in [-0.3, -0.25) is 14.9 Å². The number of nitro groups is 1. The molecule has 0 atom stereocenters. The molecule has 0 saturated heterocycles. The fourth-order valence-electron chi connectivity index (χ4n) is 1.21. The molecule has 0 aliphatic heterocycles. The Balaban J connectivity index is 3.38. The number of hydrogen-bond acceptors (Lipinski definition) is 4. The van der Waals surface area contributed by atoms with Crippen molar-refractivity contribution in [2.24, 2.45) is 0 Å². The Kier molecular flexibility index (Phi) is 3.55. The predicted octanol–water partition coefficient (Wildman–Crippen LogP) is 2.34. The number of benzene rings is 1. The van der Waals surface area contributed by atoms with Crippen LogP contribution in [0.25, 0.3) is 0 Å². The van der Waals surface area contributed by atoms with Gasteiger partial charge in [0.15, 0.2) is 17.3 Å². The van der Waals surface area contributed by atoms with Crippen LogP contribution in [0.15, 0.2) is 12.1 Å². The zero-order chi connectivity index (χ0) is 12.3. The van der Waals surface area contributed by atoms with Gasteiger partial charge >= 0.3 is 0 Å². The van der Waals surface area contributed by atoms with E-state index in [0.717, 1.165) is 19.1 Å². The van der Waals surface area contributed by atoms with E-state index in [-0.39, 0.29) is 23.6 Å². The summed E-state index contributed by atoms with van der Waals surface area (Å²) >= 11 is 0. The van der Waals surface area contributed by atoms with Crippen LogP contribution in [0.3, 0.4) is 0 Å². The maximum absolute atomic E-state index is 13.6. The zero-order valence-corrected chi connectivity index (χ0v) is 8.82. The second-order valence-corrected chi connectivity index (χ2v) is 3.05. The summed E-state index contributed by atoms with van der Waals surface area (Å²) in [6.07, 6.45) is 0. The molecule has 1 rings (SSSR count). The molecular formula is C10H10FNO4. The lowest BCUT2D eigenvalue weighted by atomic mass is 10.1. The van der Waals surface area contributed by atoms with Crippen LogP contribution in [0.4, 0.5) is 10.1 Å². The number of rotatable bonds is 4. The number of nitro benzene ring substituents is 1. The fourth-order valence-corrected chi connectivity index (χ4v) is 1.21. The first-order valence-electron chi connectivity index (χ1n) is 4.59. The van der Waals surface area contributed by atoms with E-state index in [4.69, 9.17) is 4.74 Å². The highest BCUT2D eigenvalue weighted by Gasteiger charge is 2.19. The Labute approximate surface area is 91.0 Å². The van der Waals surface area contributed by atoms with Crippen molar-refractivity contribution in [3.05, 3.63) is 33.6 Å². The number of nitrogens with zero attached hydrogens (tertiary/aromatic N) is 1. The minimum atomic E-state index is -0.861. The number of carbonyl (C=O) groups is 1. The molecule has 0 aromatic heterocycles. The highest BCUT2D eigenvalue weighted by molar-refractivity contribution is 5.95. The number of hydrogen-bond donors (Lipinski definition) is 0. The Bertz CT molecular complexity index is 445. The maximum Gasteiger partial charge on any atom is 0.274 e. The van der Waals surface area contributed by atoms with Gasteiger partial charge in [0.2, 0.25) is 0 Å². The summed E-state index contributed by atoms with van der Waals surface area (Å²) in [5.74, 6) is -1.72. The molecule has 0 bridgehead atoms. The molecular weight excluding hydrogens is 217 g/mol. The van der Waals surface area contributed by atoms with E-state index in [9.17, 15) is 19.3 Å². The monoisotopic (exact) mass is 227 g/mol. The van der Waals surface area contributed by atoms with Crippen molar-refractivity contribution in [2.75, 3.05) is 6.61 Å². The summed E-state index contributed by atoms with van der Waals surface area (Å²) in [5.41, 5.74) is -0.701. The Morgan fingerprint density at radius 3 is 2.62 bits per heavy atom. The molecule has 0 amide bonds. The molecule has 6 heteroatoms. The van der Waals surface area contributed by atoms with E-state index in [2.05, 4.69) is 0 Å². The topological polar surface area (TPSA) is 69.4 Å². The number of ether oxygens (including phenoxy) is 1. The SMILES string of the molecule is CCOc1cc([N+](=O)[O-])cc(C(C)=O)c1F. The molecule has 0 aliphatic carbocycles. The standard InChI is InChI=1S/C10H10FNO4/c1-3-16-9-5-7(12(14)15)4-8(6(2)13)10(9)11/h4-5H,3H2,1-2H3. The molecule has 1 aromatic rings. The first-order valence-corrected chi connectivity index (χ1v) is 4.59. The van der Waals surface area contributed by atoms with E-state index in [0.29, 0.717) is 0 Å². The third-order valence-corrected chi connectivity index (χ3v) is 1.91. The maximum atomic E-state index is 13.6. The summed E-state index contributed by atoms with van der Waals surface area (Å²) in [5, 5.41) is 10.6. The molecule has 0 aliphatic rings. The van der Waals surface area contributed by atoms with E-state index in [1.54, 1.807) is 6.92 Å². The molecule has 0 heterocycles. The average Bonchev–Trinajstić information content (AvgIpc) is 2.20. The Morgan fingerprint density at radius 1 is 1.56 bits per heavy atom. The number of non-ortho nitro benzene ring substituents is 1. The molecule has 0 unspecified atom stereocenters. The first-order chi connectivity index (χ1) is 7.47. The van der Waals surface area contributed by atoms with Gasteiger partial charge in [0.1, 0.15) is 0 Å². The quantitative estimate of drug-likeness (QED) is 0.449. The lowest BCUT2D eigenvalue weighted by Crippen LogP contribution is -2.04. The van der Waals surface area contributed by atoms with Crippen LogP contribution in [0.5, 0.6) is 5.75 Å². The molecule has 0 spiro atoms. The summed E-state index contributed by atoms with van der Waals surface area (Å²) in [6.45, 7) is 2.92. The third kappa shape index (κ3) is 2.33. The molecule has 0 fully saturated rings. The summed E-state index contributed by atoms with van der Waals surface area (Å²) in [7, 11) is 0. The van der Waals surface area contributed by atoms with Gasteiger partial charge < -0.3 is 4.74 Å².